The number of benzene rings is 8. The lowest BCUT2D eigenvalue weighted by Crippen LogP contribution is -2.33. The van der Waals surface area contributed by atoms with Crippen molar-refractivity contribution in [3.63, 3.8) is 0 Å². The van der Waals surface area contributed by atoms with Crippen LogP contribution in [0.2, 0.25) is 40.2 Å². The Morgan fingerprint density at radius 2 is 0.525 bits per heavy atom. The van der Waals surface area contributed by atoms with Gasteiger partial charge in [0, 0.05) is 120 Å². The largest absolute Gasteiger partial charge is 0.495 e. The number of methoxy groups -OCH3 is 8. The lowest BCUT2D eigenvalue weighted by Gasteiger charge is -2.26. The molecule has 38 heteroatoms. The van der Waals surface area contributed by atoms with Gasteiger partial charge >= 0.3 is 0 Å². The summed E-state index contributed by atoms with van der Waals surface area (Å²) in [6.45, 7) is 13.5. The zero-order valence-electron chi connectivity index (χ0n) is 79.6. The number of halogens is 10. The van der Waals surface area contributed by atoms with Crippen LogP contribution in [0.25, 0.3) is 43.6 Å². The van der Waals surface area contributed by atoms with Crippen molar-refractivity contribution in [2.24, 2.45) is 0 Å². The van der Waals surface area contributed by atoms with Crippen molar-refractivity contribution in [3.8, 4) is 93.3 Å². The molecule has 4 fully saturated rings. The van der Waals surface area contributed by atoms with Crippen molar-refractivity contribution < 1.29 is 56.8 Å². The van der Waals surface area contributed by atoms with Crippen molar-refractivity contribution in [2.75, 3.05) is 182 Å². The molecule has 0 unspecified atom stereocenters. The smallest absolute Gasteiger partial charge is 0.163 e. The fourth-order valence-electron chi connectivity index (χ4n) is 15.6. The third kappa shape index (κ3) is 30.7. The molecule has 4 aromatic heterocycles. The summed E-state index contributed by atoms with van der Waals surface area (Å²) in [6.07, 6.45) is 24.5. The quantitative estimate of drug-likeness (QED) is 0.0164. The molecule has 28 nitrogen and oxygen atoms in total. The first-order valence-corrected chi connectivity index (χ1v) is 50.0. The van der Waals surface area contributed by atoms with Crippen LogP contribution < -0.4 is 88.7 Å². The van der Waals surface area contributed by atoms with Gasteiger partial charge in [0.1, 0.15) is 53.9 Å². The number of nitriles is 4. The molecule has 0 saturated carbocycles. The van der Waals surface area contributed by atoms with E-state index in [0.29, 0.717) is 272 Å². The predicted octanol–water partition coefficient (Wildman–Crippen LogP) is 26.4. The number of nitrogens with one attached hydrogen (secondary N) is 6. The van der Waals surface area contributed by atoms with E-state index < -0.39 is 0 Å². The summed E-state index contributed by atoms with van der Waals surface area (Å²) in [5.41, 5.74) is 8.28. The van der Waals surface area contributed by atoms with E-state index in [9.17, 15) is 21.0 Å². The molecule has 0 radical (unpaired) electrons. The lowest BCUT2D eigenvalue weighted by molar-refractivity contribution is 0.181. The first-order valence-electron chi connectivity index (χ1n) is 45.9. The van der Waals surface area contributed by atoms with Crippen LogP contribution in [-0.2, 0) is 0 Å². The van der Waals surface area contributed by atoms with Gasteiger partial charge in [-0.1, -0.05) is 118 Å². The van der Waals surface area contributed by atoms with Gasteiger partial charge in [-0.05, 0) is 172 Å². The summed E-state index contributed by atoms with van der Waals surface area (Å²) in [5.74, 6) is 7.30. The fourth-order valence-corrected chi connectivity index (χ4v) is 17.9. The number of anilines is 8. The van der Waals surface area contributed by atoms with Crippen LogP contribution in [0.3, 0.4) is 0 Å². The van der Waals surface area contributed by atoms with E-state index in [4.69, 9.17) is 173 Å². The van der Waals surface area contributed by atoms with E-state index in [0.717, 1.165) is 32.6 Å². The molecule has 4 saturated heterocycles. The molecule has 8 heterocycles. The number of rotatable bonds is 33. The van der Waals surface area contributed by atoms with Gasteiger partial charge in [-0.15, -0.1) is 23.2 Å². The average molecular weight is 2120 g/mol. The van der Waals surface area contributed by atoms with E-state index in [2.05, 4.69) is 85.9 Å². The summed E-state index contributed by atoms with van der Waals surface area (Å²) in [7, 11) is 12.4. The Morgan fingerprint density at radius 3 is 0.752 bits per heavy atom. The van der Waals surface area contributed by atoms with Crippen molar-refractivity contribution >= 4 is 205 Å². The second kappa shape index (κ2) is 57.3. The average Bonchev–Trinajstić information content (AvgIpc) is 0.785. The van der Waals surface area contributed by atoms with Crippen LogP contribution in [0.4, 0.5) is 45.5 Å². The number of alkyl halides is 2. The Kier molecular flexibility index (Phi) is 44.8. The number of hydrogen-bond acceptors (Lipinski definition) is 28. The summed E-state index contributed by atoms with van der Waals surface area (Å²) in [4.78, 5) is 22.6. The van der Waals surface area contributed by atoms with E-state index in [-0.39, 0.29) is 0 Å². The summed E-state index contributed by atoms with van der Waals surface area (Å²) >= 11 is 61.6. The van der Waals surface area contributed by atoms with E-state index in [1.165, 1.54) is 170 Å². The number of pyridine rings is 4. The minimum atomic E-state index is 0.338. The lowest BCUT2D eigenvalue weighted by atomic mass is 10.1. The molecule has 0 amide bonds. The Balaban J connectivity index is 0.000000172. The Morgan fingerprint density at radius 1 is 0.284 bits per heavy atom. The normalized spacial score (nSPS) is 13.3. The molecule has 4 aliphatic heterocycles. The number of hydrogen-bond donors (Lipinski definition) is 6. The first kappa shape index (κ1) is 110. The Bertz CT molecular complexity index is 6200. The summed E-state index contributed by atoms with van der Waals surface area (Å²) in [5, 5.41) is 64.0. The third-order valence-electron chi connectivity index (χ3n) is 23.0. The van der Waals surface area contributed by atoms with Crippen molar-refractivity contribution in [3.05, 3.63) is 184 Å². The van der Waals surface area contributed by atoms with Crippen LogP contribution in [0.1, 0.15) is 119 Å². The van der Waals surface area contributed by atoms with Crippen LogP contribution in [0, 0.1) is 45.3 Å². The highest BCUT2D eigenvalue weighted by Crippen LogP contribution is 2.47. The topological polar surface area (TPSA) is 336 Å². The van der Waals surface area contributed by atoms with Crippen molar-refractivity contribution in [2.45, 2.75) is 96.3 Å². The SMILES string of the molecule is C1CCNCC1.C1CCNCC1.COc1cc(Nc2c(C#N)cnc3cc(OCCCCl)c(OC)cc23)c(Cl)cc1Cl.COc1cc(Nc2c(C#N)cnc3cc(OCCCCl)c(OC)cc23)c(Cl)cc1Cl.COc1cc(Nc2c(C#N)cnc3cc(OCCCN4CCCCC4)c(OC)cc23)c(Cl)cc1Cl.COc1cc(Nc2c(C#N)cnc3cc(OCCN4CCCCC4)c(OC)cc23)c(Cl)cc1Cl. The molecule has 8 aromatic carbocycles. The summed E-state index contributed by atoms with van der Waals surface area (Å²) in [6, 6.07) is 36.1. The number of likely N-dealkylation sites (tertiary alicyclic amines) is 2. The molecule has 141 heavy (non-hydrogen) atoms. The number of fused-ring (bicyclic) bond motifs is 4. The van der Waals surface area contributed by atoms with Crippen LogP contribution in [0.15, 0.2) is 122 Å². The number of aromatic nitrogens is 4. The molecule has 746 valence electrons. The molecule has 16 rings (SSSR count). The molecular weight excluding hydrogens is 2010 g/mol. The maximum Gasteiger partial charge on any atom is 0.163 e. The standard InChI is InChI=1S/C26H28Cl2N4O3.C25H26Cl2N4O3.2C21H18Cl3N3O3.2C5H11N/c1-33-23-14-22(19(27)12-20(23)28)31-26-17(15-29)16-30-21-13-25(24(34-2)11-18(21)26)35-10-6-9-32-7-4-3-5-8-32;1-32-22-13-21(18(26)11-19(22)27)30-25-16(14-28)15-29-20-12-24(23(33-2)10-17(20)25)34-9-8-31-6-4-3-5-7-31;2*1-28-18-9-17(14(23)7-15(18)24)27-21-12(10-25)11-26-16-8-20(30-5-3-4-22)19(29-2)6-13(16)21;2*1-2-4-6-5-3-1/h11-14,16H,3-10H2,1-2H3,(H,30,31);10-13,15H,3-9H2,1-2H3,(H,29,30);2*6-9,11H,3-5H2,1-2H3,(H,26,27);2*6H,1-5H2. The first-order chi connectivity index (χ1) is 68.6. The number of piperidine rings is 4. The van der Waals surface area contributed by atoms with E-state index in [1.54, 1.807) is 101 Å². The monoisotopic (exact) mass is 2110 g/mol. The highest BCUT2D eigenvalue weighted by molar-refractivity contribution is 6.39. The second-order valence-electron chi connectivity index (χ2n) is 32.3. The van der Waals surface area contributed by atoms with Crippen LogP contribution >= 0.6 is 116 Å². The molecule has 4 aliphatic rings. The zero-order valence-corrected chi connectivity index (χ0v) is 87.2. The van der Waals surface area contributed by atoms with Crippen LogP contribution in [-0.4, -0.2) is 190 Å². The molecule has 6 N–H and O–H groups in total. The molecule has 0 atom stereocenters. The molecule has 0 bridgehead atoms. The number of nitrogens with zero attached hydrogens (tertiary/aromatic N) is 10. The minimum absolute atomic E-state index is 0.338. The maximum atomic E-state index is 9.73. The molecule has 0 aliphatic carbocycles. The zero-order chi connectivity index (χ0) is 101. The Hall–Kier alpha value is -11.1. The van der Waals surface area contributed by atoms with Crippen molar-refractivity contribution in [1.82, 2.24) is 40.4 Å². The van der Waals surface area contributed by atoms with Gasteiger partial charge in [-0.3, -0.25) is 24.8 Å². The van der Waals surface area contributed by atoms with Gasteiger partial charge in [0.2, 0.25) is 0 Å². The third-order valence-corrected chi connectivity index (χ3v) is 26.0. The fraction of sp³-hybridized carbons (Fsp3) is 0.379. The van der Waals surface area contributed by atoms with Gasteiger partial charge < -0.3 is 93.6 Å². The minimum Gasteiger partial charge on any atom is -0.495 e. The molecule has 12 aromatic rings. The van der Waals surface area contributed by atoms with Gasteiger partial charge in [-0.25, -0.2) is 0 Å². The highest BCUT2D eigenvalue weighted by Gasteiger charge is 2.25. The molecular formula is C103H112Cl10N16O12. The van der Waals surface area contributed by atoms with Crippen molar-refractivity contribution in [1.29, 1.82) is 21.0 Å². The van der Waals surface area contributed by atoms with E-state index in [1.807, 2.05) is 24.3 Å². The van der Waals surface area contributed by atoms with E-state index >= 15 is 0 Å². The van der Waals surface area contributed by atoms with Gasteiger partial charge in [-0.2, -0.15) is 21.0 Å². The second-order valence-corrected chi connectivity index (χ2v) is 36.4. The highest BCUT2D eigenvalue weighted by atomic mass is 35.5. The van der Waals surface area contributed by atoms with Crippen LogP contribution in [0.5, 0.6) is 69.0 Å². The summed E-state index contributed by atoms with van der Waals surface area (Å²) < 4.78 is 67.0. The Labute approximate surface area is 872 Å². The number of ether oxygens (including phenoxy) is 12. The van der Waals surface area contributed by atoms with Gasteiger partial charge in [0.15, 0.2) is 46.0 Å². The predicted molar refractivity (Wildman–Crippen MR) is 569 cm³/mol. The molecule has 0 spiro atoms. The maximum absolute atomic E-state index is 9.73. The van der Waals surface area contributed by atoms with Gasteiger partial charge in [0.25, 0.3) is 0 Å². The van der Waals surface area contributed by atoms with Gasteiger partial charge in [0.05, 0.1) is 207 Å².